The summed E-state index contributed by atoms with van der Waals surface area (Å²) in [5, 5.41) is 13.5. The summed E-state index contributed by atoms with van der Waals surface area (Å²) in [6, 6.07) is 5.06. The van der Waals surface area contributed by atoms with Gasteiger partial charge in [-0.1, -0.05) is 11.6 Å². The van der Waals surface area contributed by atoms with E-state index in [1.807, 2.05) is 6.92 Å². The van der Waals surface area contributed by atoms with Crippen molar-refractivity contribution in [3.05, 3.63) is 35.1 Å². The van der Waals surface area contributed by atoms with E-state index >= 15 is 0 Å². The summed E-state index contributed by atoms with van der Waals surface area (Å²) in [5.41, 5.74) is 1.43. The summed E-state index contributed by atoms with van der Waals surface area (Å²) in [6.45, 7) is 1.27. The zero-order valence-corrected chi connectivity index (χ0v) is 11.9. The number of carbonyl (C=O) groups is 2. The highest BCUT2D eigenvalue weighted by Crippen LogP contribution is 2.19. The number of nitrogens with zero attached hydrogens (tertiary/aromatic N) is 4. The van der Waals surface area contributed by atoms with Gasteiger partial charge in [0.2, 0.25) is 0 Å². The predicted octanol–water partition coefficient (Wildman–Crippen LogP) is 0.817. The lowest BCUT2D eigenvalue weighted by Gasteiger charge is -2.09. The van der Waals surface area contributed by atoms with Gasteiger partial charge in [-0.05, 0) is 41.1 Å². The number of tetrazole rings is 1. The number of amides is 1. The Morgan fingerprint density at radius 3 is 2.90 bits per heavy atom. The fraction of sp³-hybridized carbons (Fsp3) is 0.250. The van der Waals surface area contributed by atoms with Gasteiger partial charge in [-0.25, -0.2) is 4.68 Å². The number of rotatable bonds is 5. The molecule has 0 fully saturated rings. The number of aromatic nitrogens is 4. The van der Waals surface area contributed by atoms with Gasteiger partial charge in [0.15, 0.2) is 6.61 Å². The van der Waals surface area contributed by atoms with Gasteiger partial charge >= 0.3 is 5.97 Å². The fourth-order valence-corrected chi connectivity index (χ4v) is 1.76. The average molecular weight is 310 g/mol. The number of hydrogen-bond donors (Lipinski definition) is 1. The van der Waals surface area contributed by atoms with Crippen molar-refractivity contribution in [1.29, 1.82) is 0 Å². The Morgan fingerprint density at radius 2 is 2.24 bits per heavy atom. The molecule has 8 nitrogen and oxygen atoms in total. The predicted molar refractivity (Wildman–Crippen MR) is 73.6 cm³/mol. The molecule has 0 bridgehead atoms. The van der Waals surface area contributed by atoms with Gasteiger partial charge in [0.05, 0.1) is 0 Å². The molecule has 110 valence electrons. The molecule has 1 heterocycles. The molecule has 0 aliphatic heterocycles. The van der Waals surface area contributed by atoms with Crippen molar-refractivity contribution in [3.63, 3.8) is 0 Å². The molecule has 2 rings (SSSR count). The summed E-state index contributed by atoms with van der Waals surface area (Å²) < 4.78 is 6.02. The van der Waals surface area contributed by atoms with E-state index in [2.05, 4.69) is 20.8 Å². The smallest absolute Gasteiger partial charge is 0.328 e. The first-order chi connectivity index (χ1) is 10.0. The molecule has 0 atom stereocenters. The zero-order valence-electron chi connectivity index (χ0n) is 11.1. The minimum atomic E-state index is -0.606. The maximum Gasteiger partial charge on any atom is 0.328 e. The van der Waals surface area contributed by atoms with Crippen LogP contribution in [-0.4, -0.2) is 38.7 Å². The Balaban J connectivity index is 1.80. The van der Waals surface area contributed by atoms with Gasteiger partial charge in [0, 0.05) is 10.7 Å². The van der Waals surface area contributed by atoms with Crippen molar-refractivity contribution in [1.82, 2.24) is 20.2 Å². The van der Waals surface area contributed by atoms with E-state index in [9.17, 15) is 9.59 Å². The standard InChI is InChI=1S/C12H12ClN5O3/c1-8-4-9(13)2-3-10(8)15-11(19)6-21-12(20)5-18-7-14-16-17-18/h2-4,7H,5-6H2,1H3,(H,15,19). The third-order valence-corrected chi connectivity index (χ3v) is 2.74. The van der Waals surface area contributed by atoms with Crippen LogP contribution in [-0.2, 0) is 20.9 Å². The first-order valence-electron chi connectivity index (χ1n) is 5.97. The van der Waals surface area contributed by atoms with Crippen LogP contribution < -0.4 is 5.32 Å². The lowest BCUT2D eigenvalue weighted by molar-refractivity contribution is -0.148. The molecule has 1 N–H and O–H groups in total. The molecular weight excluding hydrogens is 298 g/mol. The lowest BCUT2D eigenvalue weighted by atomic mass is 10.2. The van der Waals surface area contributed by atoms with E-state index in [0.29, 0.717) is 10.7 Å². The molecule has 9 heteroatoms. The number of ether oxygens (including phenoxy) is 1. The maximum absolute atomic E-state index is 11.7. The number of benzene rings is 1. The molecule has 0 saturated heterocycles. The van der Waals surface area contributed by atoms with Crippen LogP contribution in [0.4, 0.5) is 5.69 Å². The molecule has 0 aliphatic carbocycles. The monoisotopic (exact) mass is 309 g/mol. The number of hydrogen-bond acceptors (Lipinski definition) is 6. The van der Waals surface area contributed by atoms with Crippen molar-refractivity contribution in [2.75, 3.05) is 11.9 Å². The summed E-state index contributed by atoms with van der Waals surface area (Å²) in [7, 11) is 0. The summed E-state index contributed by atoms with van der Waals surface area (Å²) in [6.07, 6.45) is 1.28. The molecule has 0 unspecified atom stereocenters. The fourth-order valence-electron chi connectivity index (χ4n) is 1.53. The summed E-state index contributed by atoms with van der Waals surface area (Å²) >= 11 is 5.82. The van der Waals surface area contributed by atoms with E-state index < -0.39 is 11.9 Å². The van der Waals surface area contributed by atoms with Crippen LogP contribution in [0.1, 0.15) is 5.56 Å². The normalized spacial score (nSPS) is 10.2. The molecule has 0 spiro atoms. The van der Waals surface area contributed by atoms with Crippen LogP contribution in [0.15, 0.2) is 24.5 Å². The van der Waals surface area contributed by atoms with Gasteiger partial charge in [-0.3, -0.25) is 9.59 Å². The van der Waals surface area contributed by atoms with E-state index in [0.717, 1.165) is 5.56 Å². The van der Waals surface area contributed by atoms with E-state index in [1.165, 1.54) is 11.0 Å². The SMILES string of the molecule is Cc1cc(Cl)ccc1NC(=O)COC(=O)Cn1cnnn1. The first kappa shape index (κ1) is 14.9. The minimum absolute atomic E-state index is 0.153. The molecule has 0 radical (unpaired) electrons. The van der Waals surface area contributed by atoms with E-state index in [-0.39, 0.29) is 13.2 Å². The average Bonchev–Trinajstić information content (AvgIpc) is 2.92. The molecule has 1 amide bonds. The van der Waals surface area contributed by atoms with E-state index in [4.69, 9.17) is 16.3 Å². The second-order valence-corrected chi connectivity index (χ2v) is 4.61. The van der Waals surface area contributed by atoms with Gasteiger partial charge in [0.1, 0.15) is 12.9 Å². The van der Waals surface area contributed by atoms with Crippen LogP contribution in [0.2, 0.25) is 5.02 Å². The summed E-state index contributed by atoms with van der Waals surface area (Å²) in [5.74, 6) is -1.05. The zero-order chi connectivity index (χ0) is 15.2. The van der Waals surface area contributed by atoms with Crippen molar-refractivity contribution >= 4 is 29.2 Å². The molecule has 1 aromatic heterocycles. The van der Waals surface area contributed by atoms with Crippen LogP contribution in [0.25, 0.3) is 0 Å². The van der Waals surface area contributed by atoms with Gasteiger partial charge in [-0.2, -0.15) is 0 Å². The first-order valence-corrected chi connectivity index (χ1v) is 6.35. The quantitative estimate of drug-likeness (QED) is 0.821. The van der Waals surface area contributed by atoms with Gasteiger partial charge in [0.25, 0.3) is 5.91 Å². The Labute approximate surface area is 125 Å². The van der Waals surface area contributed by atoms with Crippen LogP contribution >= 0.6 is 11.6 Å². The number of esters is 1. The maximum atomic E-state index is 11.7. The van der Waals surface area contributed by atoms with Crippen molar-refractivity contribution < 1.29 is 14.3 Å². The molecule has 0 saturated carbocycles. The molecule has 2 aromatic rings. The number of anilines is 1. The van der Waals surface area contributed by atoms with Crippen LogP contribution in [0.3, 0.4) is 0 Å². The van der Waals surface area contributed by atoms with Crippen LogP contribution in [0, 0.1) is 6.92 Å². The molecule has 21 heavy (non-hydrogen) atoms. The Bertz CT molecular complexity index is 644. The third-order valence-electron chi connectivity index (χ3n) is 2.51. The van der Waals surface area contributed by atoms with Crippen molar-refractivity contribution in [2.45, 2.75) is 13.5 Å². The molecule has 1 aromatic carbocycles. The third kappa shape index (κ3) is 4.53. The van der Waals surface area contributed by atoms with Gasteiger partial charge in [-0.15, -0.1) is 5.10 Å². The topological polar surface area (TPSA) is 99.0 Å². The second-order valence-electron chi connectivity index (χ2n) is 4.18. The van der Waals surface area contributed by atoms with Crippen molar-refractivity contribution in [2.24, 2.45) is 0 Å². The Kier molecular flexibility index (Phi) is 4.83. The second kappa shape index (κ2) is 6.80. The molecular formula is C12H12ClN5O3. The number of carbonyl (C=O) groups excluding carboxylic acids is 2. The number of nitrogens with one attached hydrogen (secondary N) is 1. The van der Waals surface area contributed by atoms with Gasteiger partial charge < -0.3 is 10.1 Å². The highest BCUT2D eigenvalue weighted by molar-refractivity contribution is 6.30. The lowest BCUT2D eigenvalue weighted by Crippen LogP contribution is -2.23. The van der Waals surface area contributed by atoms with E-state index in [1.54, 1.807) is 18.2 Å². The highest BCUT2D eigenvalue weighted by atomic mass is 35.5. The Hall–Kier alpha value is -2.48. The highest BCUT2D eigenvalue weighted by Gasteiger charge is 2.10. The largest absolute Gasteiger partial charge is 0.454 e. The number of halogens is 1. The molecule has 0 aliphatic rings. The minimum Gasteiger partial charge on any atom is -0.454 e. The summed E-state index contributed by atoms with van der Waals surface area (Å²) in [4.78, 5) is 23.1. The number of aryl methyl sites for hydroxylation is 1. The van der Waals surface area contributed by atoms with Crippen LogP contribution in [0.5, 0.6) is 0 Å². The van der Waals surface area contributed by atoms with Crippen molar-refractivity contribution in [3.8, 4) is 0 Å². The Morgan fingerprint density at radius 1 is 1.43 bits per heavy atom.